The number of carbonyl (C=O) groups is 1. The number of nitrogens with two attached hydrogens (primary N) is 1. The molecule has 1 aliphatic rings. The highest BCUT2D eigenvalue weighted by molar-refractivity contribution is 5.77. The van der Waals surface area contributed by atoms with E-state index >= 15 is 0 Å². The van der Waals surface area contributed by atoms with E-state index in [4.69, 9.17) is 5.73 Å². The number of amides is 1. The van der Waals surface area contributed by atoms with Crippen LogP contribution in [0.15, 0.2) is 0 Å². The van der Waals surface area contributed by atoms with Crippen LogP contribution in [-0.2, 0) is 4.79 Å². The van der Waals surface area contributed by atoms with E-state index in [0.29, 0.717) is 18.6 Å². The summed E-state index contributed by atoms with van der Waals surface area (Å²) in [5.74, 6) is 0.199. The lowest BCUT2D eigenvalue weighted by Gasteiger charge is -2.13. The molecule has 1 aliphatic carbocycles. The summed E-state index contributed by atoms with van der Waals surface area (Å²) in [5, 5.41) is 6.30. The van der Waals surface area contributed by atoms with Gasteiger partial charge in [-0.2, -0.15) is 0 Å². The third-order valence-electron chi connectivity index (χ3n) is 2.85. The normalized spacial score (nSPS) is 25.9. The molecule has 2 atom stereocenters. The molecule has 1 amide bonds. The summed E-state index contributed by atoms with van der Waals surface area (Å²) in [4.78, 5) is 11.2. The Morgan fingerprint density at radius 2 is 2.13 bits per heavy atom. The van der Waals surface area contributed by atoms with Gasteiger partial charge in [0.2, 0.25) is 5.91 Å². The molecular weight excluding hydrogens is 190 g/mol. The first-order chi connectivity index (χ1) is 7.09. The van der Waals surface area contributed by atoms with Gasteiger partial charge >= 0.3 is 0 Å². The Labute approximate surface area is 92.0 Å². The van der Waals surface area contributed by atoms with Gasteiger partial charge in [-0.1, -0.05) is 13.8 Å². The van der Waals surface area contributed by atoms with E-state index in [1.165, 1.54) is 6.42 Å². The number of hydrogen-bond donors (Lipinski definition) is 3. The van der Waals surface area contributed by atoms with E-state index in [2.05, 4.69) is 10.6 Å². The molecule has 88 valence electrons. The smallest absolute Gasteiger partial charge is 0.222 e. The number of rotatable bonds is 5. The van der Waals surface area contributed by atoms with Crippen molar-refractivity contribution in [3.05, 3.63) is 0 Å². The van der Waals surface area contributed by atoms with Crippen LogP contribution in [0.2, 0.25) is 0 Å². The zero-order chi connectivity index (χ0) is 11.3. The molecule has 1 rings (SSSR count). The first-order valence-electron chi connectivity index (χ1n) is 5.86. The molecule has 0 aromatic heterocycles. The average molecular weight is 213 g/mol. The predicted molar refractivity (Wildman–Crippen MR) is 61.5 cm³/mol. The van der Waals surface area contributed by atoms with Gasteiger partial charge in [0, 0.05) is 31.1 Å². The monoisotopic (exact) mass is 213 g/mol. The van der Waals surface area contributed by atoms with Gasteiger partial charge in [0.25, 0.3) is 0 Å². The molecule has 1 saturated carbocycles. The van der Waals surface area contributed by atoms with Gasteiger partial charge in [0.15, 0.2) is 0 Å². The van der Waals surface area contributed by atoms with Crippen LogP contribution in [0.1, 0.15) is 33.1 Å². The Bertz CT molecular complexity index is 206. The highest BCUT2D eigenvalue weighted by Gasteiger charge is 2.20. The Morgan fingerprint density at radius 3 is 2.67 bits per heavy atom. The van der Waals surface area contributed by atoms with Gasteiger partial charge in [-0.3, -0.25) is 4.79 Å². The molecule has 0 radical (unpaired) electrons. The van der Waals surface area contributed by atoms with E-state index in [1.807, 2.05) is 13.8 Å². The number of carbonyl (C=O) groups excluding carboxylic acids is 1. The van der Waals surface area contributed by atoms with E-state index in [0.717, 1.165) is 19.4 Å². The fourth-order valence-corrected chi connectivity index (χ4v) is 1.87. The molecule has 4 heteroatoms. The molecule has 15 heavy (non-hydrogen) atoms. The van der Waals surface area contributed by atoms with Crippen molar-refractivity contribution in [2.45, 2.75) is 45.2 Å². The Morgan fingerprint density at radius 1 is 1.40 bits per heavy atom. The third-order valence-corrected chi connectivity index (χ3v) is 2.85. The SMILES string of the molecule is CC(C)C(=O)NCCNC1CCC(N)C1. The third kappa shape index (κ3) is 4.62. The van der Waals surface area contributed by atoms with Gasteiger partial charge in [-0.05, 0) is 19.3 Å². The molecule has 0 aromatic carbocycles. The van der Waals surface area contributed by atoms with Gasteiger partial charge in [-0.15, -0.1) is 0 Å². The van der Waals surface area contributed by atoms with Crippen molar-refractivity contribution >= 4 is 5.91 Å². The Balaban J connectivity index is 2.00. The van der Waals surface area contributed by atoms with Gasteiger partial charge in [0.05, 0.1) is 0 Å². The van der Waals surface area contributed by atoms with Crippen LogP contribution in [0.25, 0.3) is 0 Å². The summed E-state index contributed by atoms with van der Waals surface area (Å²) in [6, 6.07) is 0.920. The van der Waals surface area contributed by atoms with E-state index in [1.54, 1.807) is 0 Å². The Kier molecular flexibility index (Phi) is 5.05. The van der Waals surface area contributed by atoms with Crippen molar-refractivity contribution in [2.75, 3.05) is 13.1 Å². The van der Waals surface area contributed by atoms with Crippen LogP contribution in [0, 0.1) is 5.92 Å². The molecule has 4 N–H and O–H groups in total. The van der Waals surface area contributed by atoms with Crippen LogP contribution >= 0.6 is 0 Å². The number of hydrogen-bond acceptors (Lipinski definition) is 3. The van der Waals surface area contributed by atoms with Crippen molar-refractivity contribution < 1.29 is 4.79 Å². The maximum atomic E-state index is 11.2. The summed E-state index contributed by atoms with van der Waals surface area (Å²) in [5.41, 5.74) is 5.81. The summed E-state index contributed by atoms with van der Waals surface area (Å²) in [6.45, 7) is 5.36. The molecule has 0 spiro atoms. The lowest BCUT2D eigenvalue weighted by atomic mass is 10.2. The first-order valence-corrected chi connectivity index (χ1v) is 5.86. The van der Waals surface area contributed by atoms with E-state index < -0.39 is 0 Å². The zero-order valence-corrected chi connectivity index (χ0v) is 9.75. The second kappa shape index (κ2) is 6.08. The summed E-state index contributed by atoms with van der Waals surface area (Å²) < 4.78 is 0. The lowest BCUT2D eigenvalue weighted by molar-refractivity contribution is -0.123. The van der Waals surface area contributed by atoms with Gasteiger partial charge in [0.1, 0.15) is 0 Å². The van der Waals surface area contributed by atoms with Crippen molar-refractivity contribution in [3.63, 3.8) is 0 Å². The standard InChI is InChI=1S/C11H23N3O/c1-8(2)11(15)14-6-5-13-10-4-3-9(12)7-10/h8-10,13H,3-7,12H2,1-2H3,(H,14,15). The fraction of sp³-hybridized carbons (Fsp3) is 0.909. The van der Waals surface area contributed by atoms with Crippen LogP contribution in [-0.4, -0.2) is 31.1 Å². The summed E-state index contributed by atoms with van der Waals surface area (Å²) in [6.07, 6.45) is 3.35. The maximum absolute atomic E-state index is 11.2. The van der Waals surface area contributed by atoms with Crippen LogP contribution in [0.3, 0.4) is 0 Å². The molecular formula is C11H23N3O. The first kappa shape index (κ1) is 12.5. The van der Waals surface area contributed by atoms with Crippen molar-refractivity contribution in [1.82, 2.24) is 10.6 Å². The molecule has 2 unspecified atom stereocenters. The molecule has 0 aliphatic heterocycles. The van der Waals surface area contributed by atoms with E-state index in [9.17, 15) is 4.79 Å². The second-order valence-electron chi connectivity index (χ2n) is 4.67. The minimum absolute atomic E-state index is 0.0740. The van der Waals surface area contributed by atoms with Crippen LogP contribution in [0.5, 0.6) is 0 Å². The van der Waals surface area contributed by atoms with Crippen molar-refractivity contribution in [3.8, 4) is 0 Å². The Hall–Kier alpha value is -0.610. The summed E-state index contributed by atoms with van der Waals surface area (Å²) in [7, 11) is 0. The lowest BCUT2D eigenvalue weighted by Crippen LogP contribution is -2.37. The van der Waals surface area contributed by atoms with Gasteiger partial charge < -0.3 is 16.4 Å². The zero-order valence-electron chi connectivity index (χ0n) is 9.75. The minimum atomic E-state index is 0.0740. The fourth-order valence-electron chi connectivity index (χ4n) is 1.87. The van der Waals surface area contributed by atoms with E-state index in [-0.39, 0.29) is 11.8 Å². The minimum Gasteiger partial charge on any atom is -0.355 e. The second-order valence-corrected chi connectivity index (χ2v) is 4.67. The molecule has 0 heterocycles. The maximum Gasteiger partial charge on any atom is 0.222 e. The molecule has 0 saturated heterocycles. The highest BCUT2D eigenvalue weighted by atomic mass is 16.1. The largest absolute Gasteiger partial charge is 0.355 e. The molecule has 1 fully saturated rings. The molecule has 4 nitrogen and oxygen atoms in total. The van der Waals surface area contributed by atoms with Gasteiger partial charge in [-0.25, -0.2) is 0 Å². The molecule has 0 bridgehead atoms. The predicted octanol–water partition coefficient (Wildman–Crippen LogP) is 0.228. The van der Waals surface area contributed by atoms with Crippen molar-refractivity contribution in [2.24, 2.45) is 11.7 Å². The quantitative estimate of drug-likeness (QED) is 0.573. The topological polar surface area (TPSA) is 67.2 Å². The summed E-state index contributed by atoms with van der Waals surface area (Å²) >= 11 is 0. The number of nitrogens with one attached hydrogen (secondary N) is 2. The average Bonchev–Trinajstić information content (AvgIpc) is 2.58. The van der Waals surface area contributed by atoms with Crippen LogP contribution < -0.4 is 16.4 Å². The van der Waals surface area contributed by atoms with Crippen molar-refractivity contribution in [1.29, 1.82) is 0 Å². The molecule has 0 aromatic rings. The van der Waals surface area contributed by atoms with Crippen LogP contribution in [0.4, 0.5) is 0 Å². The highest BCUT2D eigenvalue weighted by Crippen LogP contribution is 2.16.